The fourth-order valence-electron chi connectivity index (χ4n) is 2.89. The molecule has 32 heavy (non-hydrogen) atoms. The molecule has 0 atom stereocenters. The molecule has 11 heteroatoms. The highest BCUT2D eigenvalue weighted by atomic mass is 19.1. The lowest BCUT2D eigenvalue weighted by Crippen LogP contribution is -2.34. The van der Waals surface area contributed by atoms with Crippen LogP contribution in [0.1, 0.15) is 33.3 Å². The molecule has 0 aliphatic heterocycles. The average molecular weight is 454 g/mol. The summed E-state index contributed by atoms with van der Waals surface area (Å²) in [6.07, 6.45) is 0.318. The largest absolute Gasteiger partial charge is 0.491 e. The molecule has 0 radical (unpaired) electrons. The lowest BCUT2D eigenvalue weighted by atomic mass is 10.1. The first-order chi connectivity index (χ1) is 15.3. The normalized spacial score (nSPS) is 10.8. The van der Waals surface area contributed by atoms with Gasteiger partial charge in [0.25, 0.3) is 5.91 Å². The number of nitrogens with zero attached hydrogens (tertiary/aromatic N) is 1. The number of ether oxygens (including phenoxy) is 4. The van der Waals surface area contributed by atoms with Crippen LogP contribution < -0.4 is 15.5 Å². The van der Waals surface area contributed by atoms with Crippen molar-refractivity contribution in [3.05, 3.63) is 63.1 Å². The fraction of sp³-hybridized carbons (Fsp3) is 0.381. The standard InChI is InChI=1S/C21H24F2N2O7/c1-5-32-21(28)17-19(31-4)18(26)14(10-25(17)11-16(29-2)30-3)20(27)24-9-12-6-7-13(22)8-15(12)23/h6-8,10,16H,5,9,11H2,1-4H3,(H,24,27). The first kappa shape index (κ1) is 25.0. The Morgan fingerprint density at radius 3 is 2.41 bits per heavy atom. The van der Waals surface area contributed by atoms with Crippen LogP contribution in [0.3, 0.4) is 0 Å². The van der Waals surface area contributed by atoms with Crippen molar-refractivity contribution in [2.24, 2.45) is 0 Å². The number of hydrogen-bond acceptors (Lipinski definition) is 7. The summed E-state index contributed by atoms with van der Waals surface area (Å²) in [4.78, 5) is 38.1. The van der Waals surface area contributed by atoms with Gasteiger partial charge in [0, 0.05) is 38.6 Å². The van der Waals surface area contributed by atoms with Gasteiger partial charge >= 0.3 is 5.97 Å². The Morgan fingerprint density at radius 1 is 1.16 bits per heavy atom. The molecule has 1 heterocycles. The number of methoxy groups -OCH3 is 3. The number of nitrogens with one attached hydrogen (secondary N) is 1. The number of amides is 1. The van der Waals surface area contributed by atoms with Crippen molar-refractivity contribution in [2.45, 2.75) is 26.3 Å². The highest BCUT2D eigenvalue weighted by molar-refractivity contribution is 5.96. The summed E-state index contributed by atoms with van der Waals surface area (Å²) >= 11 is 0. The molecular formula is C21H24F2N2O7. The summed E-state index contributed by atoms with van der Waals surface area (Å²) in [5.74, 6) is -3.71. The molecule has 1 N–H and O–H groups in total. The Morgan fingerprint density at radius 2 is 1.84 bits per heavy atom. The quantitative estimate of drug-likeness (QED) is 0.432. The van der Waals surface area contributed by atoms with Crippen LogP contribution in [0.5, 0.6) is 5.75 Å². The van der Waals surface area contributed by atoms with Gasteiger partial charge in [-0.2, -0.15) is 0 Å². The molecule has 174 valence electrons. The van der Waals surface area contributed by atoms with Gasteiger partial charge in [-0.25, -0.2) is 13.6 Å². The number of aromatic nitrogens is 1. The van der Waals surface area contributed by atoms with Gasteiger partial charge in [0.1, 0.15) is 17.2 Å². The molecule has 2 aromatic rings. The number of benzene rings is 1. The van der Waals surface area contributed by atoms with Gasteiger partial charge in [0.05, 0.1) is 20.3 Å². The number of esters is 1. The number of rotatable bonds is 10. The SMILES string of the molecule is CCOC(=O)c1c(OC)c(=O)c(C(=O)NCc2ccc(F)cc2F)cn1CC(OC)OC. The third-order valence-electron chi connectivity index (χ3n) is 4.48. The molecule has 9 nitrogen and oxygen atoms in total. The van der Waals surface area contributed by atoms with Crippen LogP contribution >= 0.6 is 0 Å². The summed E-state index contributed by atoms with van der Waals surface area (Å²) in [6, 6.07) is 2.90. The molecule has 2 rings (SSSR count). The third kappa shape index (κ3) is 5.68. The van der Waals surface area contributed by atoms with E-state index in [2.05, 4.69) is 5.32 Å². The molecule has 0 fully saturated rings. The van der Waals surface area contributed by atoms with Crippen LogP contribution in [-0.4, -0.2) is 50.7 Å². The van der Waals surface area contributed by atoms with Gasteiger partial charge in [-0.3, -0.25) is 9.59 Å². The van der Waals surface area contributed by atoms with Crippen molar-refractivity contribution in [1.82, 2.24) is 9.88 Å². The van der Waals surface area contributed by atoms with Gasteiger partial charge in [-0.15, -0.1) is 0 Å². The molecule has 1 aromatic carbocycles. The topological polar surface area (TPSA) is 105 Å². The van der Waals surface area contributed by atoms with Crippen molar-refractivity contribution < 1.29 is 37.3 Å². The minimum atomic E-state index is -0.865. The highest BCUT2D eigenvalue weighted by Crippen LogP contribution is 2.18. The van der Waals surface area contributed by atoms with E-state index in [-0.39, 0.29) is 36.5 Å². The lowest BCUT2D eigenvalue weighted by Gasteiger charge is -2.21. The van der Waals surface area contributed by atoms with Crippen LogP contribution in [-0.2, 0) is 27.3 Å². The maximum Gasteiger partial charge on any atom is 0.359 e. The highest BCUT2D eigenvalue weighted by Gasteiger charge is 2.27. The summed E-state index contributed by atoms with van der Waals surface area (Å²) in [5.41, 5.74) is -1.44. The smallest absolute Gasteiger partial charge is 0.359 e. The van der Waals surface area contributed by atoms with E-state index in [9.17, 15) is 23.2 Å². The number of hydrogen-bond donors (Lipinski definition) is 1. The molecule has 0 aliphatic carbocycles. The molecule has 1 aromatic heterocycles. The predicted molar refractivity (Wildman–Crippen MR) is 109 cm³/mol. The van der Waals surface area contributed by atoms with Gasteiger partial charge in [-0.05, 0) is 13.0 Å². The number of carbonyl (C=O) groups excluding carboxylic acids is 2. The fourth-order valence-corrected chi connectivity index (χ4v) is 2.89. The zero-order valence-corrected chi connectivity index (χ0v) is 18.1. The van der Waals surface area contributed by atoms with Crippen molar-refractivity contribution in [3.63, 3.8) is 0 Å². The zero-order chi connectivity index (χ0) is 23.8. The first-order valence-electron chi connectivity index (χ1n) is 9.53. The lowest BCUT2D eigenvalue weighted by molar-refractivity contribution is -0.111. The minimum absolute atomic E-state index is 0.0222. The Hall–Kier alpha value is -3.31. The van der Waals surface area contributed by atoms with Gasteiger partial charge in [0.2, 0.25) is 5.43 Å². The summed E-state index contributed by atoms with van der Waals surface area (Å²) < 4.78 is 48.6. The monoisotopic (exact) mass is 454 g/mol. The van der Waals surface area contributed by atoms with E-state index in [4.69, 9.17) is 18.9 Å². The number of pyridine rings is 1. The second kappa shape index (κ2) is 11.3. The molecule has 0 unspecified atom stereocenters. The molecule has 0 saturated carbocycles. The van der Waals surface area contributed by atoms with E-state index >= 15 is 0 Å². The van der Waals surface area contributed by atoms with Crippen molar-refractivity contribution >= 4 is 11.9 Å². The molecule has 0 spiro atoms. The van der Waals surface area contributed by atoms with Crippen LogP contribution in [0.25, 0.3) is 0 Å². The first-order valence-corrected chi connectivity index (χ1v) is 9.53. The van der Waals surface area contributed by atoms with E-state index in [1.807, 2.05) is 0 Å². The second-order valence-electron chi connectivity index (χ2n) is 6.45. The van der Waals surface area contributed by atoms with Crippen molar-refractivity contribution in [1.29, 1.82) is 0 Å². The van der Waals surface area contributed by atoms with E-state index in [1.54, 1.807) is 6.92 Å². The average Bonchev–Trinajstić information content (AvgIpc) is 2.77. The van der Waals surface area contributed by atoms with Gasteiger partial charge in [-0.1, -0.05) is 6.07 Å². The third-order valence-corrected chi connectivity index (χ3v) is 4.48. The molecule has 1 amide bonds. The Kier molecular flexibility index (Phi) is 8.85. The van der Waals surface area contributed by atoms with Crippen molar-refractivity contribution in [3.8, 4) is 5.75 Å². The summed E-state index contributed by atoms with van der Waals surface area (Å²) in [7, 11) is 3.93. The van der Waals surface area contributed by atoms with Crippen LogP contribution in [0.2, 0.25) is 0 Å². The van der Waals surface area contributed by atoms with Crippen LogP contribution in [0.4, 0.5) is 8.78 Å². The predicted octanol–water partition coefficient (Wildman–Crippen LogP) is 1.86. The molecule has 0 bridgehead atoms. The summed E-state index contributed by atoms with van der Waals surface area (Å²) in [5, 5.41) is 2.40. The zero-order valence-electron chi connectivity index (χ0n) is 18.1. The van der Waals surface area contributed by atoms with E-state index < -0.39 is 41.0 Å². The van der Waals surface area contributed by atoms with Gasteiger partial charge < -0.3 is 28.8 Å². The maximum absolute atomic E-state index is 13.8. The Balaban J connectivity index is 2.48. The van der Waals surface area contributed by atoms with Crippen LogP contribution in [0, 0.1) is 11.6 Å². The Bertz CT molecular complexity index is 1040. The Labute approximate surface area is 182 Å². The summed E-state index contributed by atoms with van der Waals surface area (Å²) in [6.45, 7) is 1.26. The maximum atomic E-state index is 13.8. The molecule has 0 aliphatic rings. The molecular weight excluding hydrogens is 430 g/mol. The van der Waals surface area contributed by atoms with Gasteiger partial charge in [0.15, 0.2) is 17.7 Å². The van der Waals surface area contributed by atoms with E-state index in [0.29, 0.717) is 6.07 Å². The van der Waals surface area contributed by atoms with E-state index in [0.717, 1.165) is 12.3 Å². The minimum Gasteiger partial charge on any atom is -0.491 e. The van der Waals surface area contributed by atoms with Crippen LogP contribution in [0.15, 0.2) is 29.2 Å². The molecule has 0 saturated heterocycles. The van der Waals surface area contributed by atoms with E-state index in [1.165, 1.54) is 32.0 Å². The van der Waals surface area contributed by atoms with Crippen molar-refractivity contribution in [2.75, 3.05) is 27.9 Å². The number of halogens is 2. The number of carbonyl (C=O) groups is 2. The second-order valence-corrected chi connectivity index (χ2v) is 6.45.